The van der Waals surface area contributed by atoms with Crippen molar-refractivity contribution in [1.82, 2.24) is 19.9 Å². The number of aryl methyl sites for hydroxylation is 1. The van der Waals surface area contributed by atoms with E-state index < -0.39 is 0 Å². The van der Waals surface area contributed by atoms with Crippen LogP contribution < -0.4 is 5.32 Å². The standard InChI is InChI=1S/C15H24N4S/c1-6-7-17-13(11-8-16-10-19(11)5)14-18-12(9-20-14)15(2,3)4/h8-10,13,17H,6-7H2,1-5H3. The van der Waals surface area contributed by atoms with Gasteiger partial charge in [-0.3, -0.25) is 0 Å². The van der Waals surface area contributed by atoms with Crippen LogP contribution in [0.5, 0.6) is 0 Å². The van der Waals surface area contributed by atoms with E-state index >= 15 is 0 Å². The van der Waals surface area contributed by atoms with Crippen LogP contribution in [0.25, 0.3) is 0 Å². The number of nitrogens with one attached hydrogen (secondary N) is 1. The lowest BCUT2D eigenvalue weighted by atomic mass is 9.93. The molecule has 0 bridgehead atoms. The average Bonchev–Trinajstić information content (AvgIpc) is 2.99. The minimum atomic E-state index is 0.0938. The molecule has 1 N–H and O–H groups in total. The van der Waals surface area contributed by atoms with E-state index in [1.807, 2.05) is 19.6 Å². The zero-order valence-corrected chi connectivity index (χ0v) is 13.8. The monoisotopic (exact) mass is 292 g/mol. The lowest BCUT2D eigenvalue weighted by Gasteiger charge is -2.18. The van der Waals surface area contributed by atoms with Crippen molar-refractivity contribution in [3.05, 3.63) is 34.3 Å². The summed E-state index contributed by atoms with van der Waals surface area (Å²) in [6, 6.07) is 0.128. The van der Waals surface area contributed by atoms with Gasteiger partial charge in [-0.15, -0.1) is 11.3 Å². The van der Waals surface area contributed by atoms with Crippen molar-refractivity contribution < 1.29 is 0 Å². The molecule has 2 aromatic rings. The quantitative estimate of drug-likeness (QED) is 0.920. The lowest BCUT2D eigenvalue weighted by Crippen LogP contribution is -2.25. The van der Waals surface area contributed by atoms with Crippen molar-refractivity contribution >= 4 is 11.3 Å². The summed E-state index contributed by atoms with van der Waals surface area (Å²) in [5, 5.41) is 6.87. The number of hydrogen-bond acceptors (Lipinski definition) is 4. The van der Waals surface area contributed by atoms with Gasteiger partial charge in [-0.05, 0) is 13.0 Å². The normalized spacial score (nSPS) is 13.7. The molecule has 2 heterocycles. The van der Waals surface area contributed by atoms with Crippen molar-refractivity contribution in [2.45, 2.75) is 45.6 Å². The summed E-state index contributed by atoms with van der Waals surface area (Å²) in [5.74, 6) is 0. The van der Waals surface area contributed by atoms with Gasteiger partial charge >= 0.3 is 0 Å². The van der Waals surface area contributed by atoms with E-state index in [1.165, 1.54) is 0 Å². The van der Waals surface area contributed by atoms with Crippen LogP contribution in [0, 0.1) is 0 Å². The highest BCUT2D eigenvalue weighted by molar-refractivity contribution is 7.09. The SMILES string of the molecule is CCCNC(c1nc(C(C)(C)C)cs1)c1cncn1C. The van der Waals surface area contributed by atoms with Gasteiger partial charge in [0.25, 0.3) is 0 Å². The highest BCUT2D eigenvalue weighted by atomic mass is 32.1. The first-order valence-corrected chi connectivity index (χ1v) is 7.97. The molecule has 0 spiro atoms. The van der Waals surface area contributed by atoms with E-state index in [-0.39, 0.29) is 11.5 Å². The number of imidazole rings is 1. The third-order valence-electron chi connectivity index (χ3n) is 3.29. The van der Waals surface area contributed by atoms with E-state index in [2.05, 4.69) is 47.9 Å². The topological polar surface area (TPSA) is 42.7 Å². The Kier molecular flexibility index (Phi) is 4.60. The molecule has 0 radical (unpaired) electrons. The summed E-state index contributed by atoms with van der Waals surface area (Å²) in [6.07, 6.45) is 4.87. The number of thiazole rings is 1. The molecule has 20 heavy (non-hydrogen) atoms. The largest absolute Gasteiger partial charge is 0.336 e. The summed E-state index contributed by atoms with van der Waals surface area (Å²) in [5.41, 5.74) is 2.41. The summed E-state index contributed by atoms with van der Waals surface area (Å²) < 4.78 is 2.06. The van der Waals surface area contributed by atoms with Crippen LogP contribution in [0.1, 0.15) is 56.6 Å². The van der Waals surface area contributed by atoms with Crippen LogP contribution >= 0.6 is 11.3 Å². The molecule has 0 saturated heterocycles. The molecule has 110 valence electrons. The van der Waals surface area contributed by atoms with E-state index in [4.69, 9.17) is 4.98 Å². The number of aromatic nitrogens is 3. The van der Waals surface area contributed by atoms with E-state index in [0.29, 0.717) is 0 Å². The van der Waals surface area contributed by atoms with Crippen molar-refractivity contribution in [3.63, 3.8) is 0 Å². The van der Waals surface area contributed by atoms with E-state index in [0.717, 1.165) is 29.4 Å². The van der Waals surface area contributed by atoms with Gasteiger partial charge in [0, 0.05) is 17.8 Å². The maximum Gasteiger partial charge on any atom is 0.116 e. The zero-order valence-electron chi connectivity index (χ0n) is 13.0. The predicted octanol–water partition coefficient (Wildman–Crippen LogP) is 3.26. The Morgan fingerprint density at radius 1 is 1.40 bits per heavy atom. The molecular formula is C15H24N4S. The summed E-state index contributed by atoms with van der Waals surface area (Å²) in [6.45, 7) is 9.75. The first-order chi connectivity index (χ1) is 9.43. The van der Waals surface area contributed by atoms with E-state index in [9.17, 15) is 0 Å². The Balaban J connectivity index is 2.32. The molecule has 0 aliphatic rings. The Morgan fingerprint density at radius 2 is 2.15 bits per heavy atom. The van der Waals surface area contributed by atoms with Crippen LogP contribution in [0.4, 0.5) is 0 Å². The fraction of sp³-hybridized carbons (Fsp3) is 0.600. The van der Waals surface area contributed by atoms with Gasteiger partial charge in [0.2, 0.25) is 0 Å². The minimum Gasteiger partial charge on any atom is -0.336 e. The first-order valence-electron chi connectivity index (χ1n) is 7.09. The molecule has 0 aromatic carbocycles. The molecule has 0 aliphatic carbocycles. The molecular weight excluding hydrogens is 268 g/mol. The second-order valence-electron chi connectivity index (χ2n) is 6.14. The minimum absolute atomic E-state index is 0.0938. The Labute approximate surface area is 125 Å². The first kappa shape index (κ1) is 15.2. The van der Waals surface area contributed by atoms with Gasteiger partial charge in [0.05, 0.1) is 23.9 Å². The highest BCUT2D eigenvalue weighted by Crippen LogP contribution is 2.29. The second kappa shape index (κ2) is 6.06. The van der Waals surface area contributed by atoms with Crippen molar-refractivity contribution in [2.75, 3.05) is 6.54 Å². The molecule has 0 fully saturated rings. The summed E-state index contributed by atoms with van der Waals surface area (Å²) in [7, 11) is 2.03. The molecule has 5 heteroatoms. The second-order valence-corrected chi connectivity index (χ2v) is 7.03. The van der Waals surface area contributed by atoms with Gasteiger partial charge < -0.3 is 9.88 Å². The van der Waals surface area contributed by atoms with Crippen molar-refractivity contribution in [1.29, 1.82) is 0 Å². The summed E-state index contributed by atoms with van der Waals surface area (Å²) in [4.78, 5) is 9.08. The van der Waals surface area contributed by atoms with Crippen LogP contribution in [-0.2, 0) is 12.5 Å². The molecule has 1 atom stereocenters. The van der Waals surface area contributed by atoms with Gasteiger partial charge in [-0.25, -0.2) is 9.97 Å². The third kappa shape index (κ3) is 3.27. The molecule has 2 rings (SSSR count). The van der Waals surface area contributed by atoms with Gasteiger partial charge in [-0.1, -0.05) is 27.7 Å². The van der Waals surface area contributed by atoms with Crippen molar-refractivity contribution in [2.24, 2.45) is 7.05 Å². The maximum atomic E-state index is 4.85. The fourth-order valence-corrected chi connectivity index (χ4v) is 3.15. The van der Waals surface area contributed by atoms with E-state index in [1.54, 1.807) is 11.3 Å². The van der Waals surface area contributed by atoms with Gasteiger partial charge in [0.1, 0.15) is 11.0 Å². The van der Waals surface area contributed by atoms with Gasteiger partial charge in [-0.2, -0.15) is 0 Å². The van der Waals surface area contributed by atoms with Gasteiger partial charge in [0.15, 0.2) is 0 Å². The maximum absolute atomic E-state index is 4.85. The van der Waals surface area contributed by atoms with Crippen molar-refractivity contribution in [3.8, 4) is 0 Å². The van der Waals surface area contributed by atoms with Crippen LogP contribution in [-0.4, -0.2) is 21.1 Å². The molecule has 0 aliphatic heterocycles. The molecule has 4 nitrogen and oxygen atoms in total. The van der Waals surface area contributed by atoms with Crippen LogP contribution in [0.2, 0.25) is 0 Å². The average molecular weight is 292 g/mol. The smallest absolute Gasteiger partial charge is 0.116 e. The molecule has 2 aromatic heterocycles. The summed E-state index contributed by atoms with van der Waals surface area (Å²) >= 11 is 1.73. The Morgan fingerprint density at radius 3 is 2.65 bits per heavy atom. The van der Waals surface area contributed by atoms with Crippen LogP contribution in [0.15, 0.2) is 17.9 Å². The molecule has 0 saturated carbocycles. The predicted molar refractivity (Wildman–Crippen MR) is 84.2 cm³/mol. The van der Waals surface area contributed by atoms with Crippen LogP contribution in [0.3, 0.4) is 0 Å². The Hall–Kier alpha value is -1.20. The fourth-order valence-electron chi connectivity index (χ4n) is 2.02. The zero-order chi connectivity index (χ0) is 14.8. The molecule has 0 amide bonds. The number of nitrogens with zero attached hydrogens (tertiary/aromatic N) is 3. The third-order valence-corrected chi connectivity index (χ3v) is 4.20. The Bertz CT molecular complexity index is 550. The number of hydrogen-bond donors (Lipinski definition) is 1. The highest BCUT2D eigenvalue weighted by Gasteiger charge is 2.23. The number of rotatable bonds is 5. The molecule has 1 unspecified atom stereocenters. The lowest BCUT2D eigenvalue weighted by molar-refractivity contribution is 0.546.